The van der Waals surface area contributed by atoms with Crippen molar-refractivity contribution in [2.45, 2.75) is 38.6 Å². The molecule has 188 valence electrons. The molecule has 1 atom stereocenters. The Morgan fingerprint density at radius 3 is 2.66 bits per heavy atom. The van der Waals surface area contributed by atoms with Gasteiger partial charge < -0.3 is 5.32 Å². The molecule has 2 aromatic rings. The fraction of sp³-hybridized carbons (Fsp3) is 0.591. The first-order valence-electron chi connectivity index (χ1n) is 11.4. The molecule has 2 fully saturated rings. The molecule has 12 nitrogen and oxygen atoms in total. The van der Waals surface area contributed by atoms with Crippen LogP contribution in [0.2, 0.25) is 0 Å². The summed E-state index contributed by atoms with van der Waals surface area (Å²) < 4.78 is 28.9. The summed E-state index contributed by atoms with van der Waals surface area (Å²) in [7, 11) is 0.961. The highest BCUT2D eigenvalue weighted by atomic mass is 32.2. The third-order valence-corrected chi connectivity index (χ3v) is 8.51. The molecule has 0 aromatic carbocycles. The molecule has 1 saturated heterocycles. The molecule has 1 N–H and O–H groups in total. The zero-order chi connectivity index (χ0) is 25.6. The van der Waals surface area contributed by atoms with Crippen molar-refractivity contribution in [2.24, 2.45) is 11.3 Å². The zero-order valence-electron chi connectivity index (χ0n) is 20.6. The Morgan fingerprint density at radius 1 is 1.31 bits per heavy atom. The number of likely N-dealkylation sites (N-methyl/N-ethyl adjacent to an activating group) is 1. The Hall–Kier alpha value is -3.08. The van der Waals surface area contributed by atoms with Crippen LogP contribution in [0.3, 0.4) is 0 Å². The first kappa shape index (κ1) is 25.0. The van der Waals surface area contributed by atoms with E-state index in [1.54, 1.807) is 34.2 Å². The number of anilines is 3. The van der Waals surface area contributed by atoms with Crippen molar-refractivity contribution >= 4 is 33.6 Å². The lowest BCUT2D eigenvalue weighted by atomic mass is 9.83. The minimum atomic E-state index is -3.55. The van der Waals surface area contributed by atoms with Crippen LogP contribution in [0.5, 0.6) is 0 Å². The summed E-state index contributed by atoms with van der Waals surface area (Å²) in [5.74, 6) is 0.707. The van der Waals surface area contributed by atoms with Gasteiger partial charge in [-0.15, -0.1) is 0 Å². The van der Waals surface area contributed by atoms with E-state index in [0.29, 0.717) is 30.4 Å². The van der Waals surface area contributed by atoms with Gasteiger partial charge in [0.25, 0.3) is 10.2 Å². The fourth-order valence-corrected chi connectivity index (χ4v) is 5.53. The molecule has 35 heavy (non-hydrogen) atoms. The van der Waals surface area contributed by atoms with E-state index in [9.17, 15) is 18.5 Å². The van der Waals surface area contributed by atoms with Crippen LogP contribution in [0.25, 0.3) is 0 Å². The fourth-order valence-electron chi connectivity index (χ4n) is 4.49. The van der Waals surface area contributed by atoms with Crippen LogP contribution in [0, 0.1) is 22.7 Å². The SMILES string of the molecule is CN(C)S(=O)(=O)N(C)CC(C)(C)n1cc(Nc2nccc(N3CC[C@@](C#N)(C4CC4)C3=O)n2)cn1. The second-order valence-corrected chi connectivity index (χ2v) is 12.2. The molecule has 0 bridgehead atoms. The lowest BCUT2D eigenvalue weighted by molar-refractivity contribution is -0.123. The summed E-state index contributed by atoms with van der Waals surface area (Å²) in [5.41, 5.74) is -0.949. The Bertz CT molecular complexity index is 1260. The van der Waals surface area contributed by atoms with E-state index < -0.39 is 21.2 Å². The van der Waals surface area contributed by atoms with Gasteiger partial charge in [0.05, 0.1) is 23.5 Å². The van der Waals surface area contributed by atoms with Gasteiger partial charge in [0.2, 0.25) is 11.9 Å². The number of aromatic nitrogens is 4. The average Bonchev–Trinajstić information content (AvgIpc) is 3.45. The second kappa shape index (κ2) is 8.85. The summed E-state index contributed by atoms with van der Waals surface area (Å²) >= 11 is 0. The lowest BCUT2D eigenvalue weighted by Crippen LogP contribution is -2.46. The Labute approximate surface area is 205 Å². The molecule has 4 rings (SSSR count). The van der Waals surface area contributed by atoms with Gasteiger partial charge in [-0.05, 0) is 45.1 Å². The third-order valence-electron chi connectivity index (χ3n) is 6.67. The first-order chi connectivity index (χ1) is 16.4. The molecular weight excluding hydrogens is 470 g/mol. The molecular formula is C22H31N9O3S. The maximum absolute atomic E-state index is 13.1. The normalized spacial score (nSPS) is 21.1. The predicted molar refractivity (Wildman–Crippen MR) is 130 cm³/mol. The summed E-state index contributed by atoms with van der Waals surface area (Å²) in [4.78, 5) is 23.4. The Kier molecular flexibility index (Phi) is 6.33. The Morgan fingerprint density at radius 2 is 2.03 bits per heavy atom. The highest BCUT2D eigenvalue weighted by Crippen LogP contribution is 2.51. The number of nitrogens with zero attached hydrogens (tertiary/aromatic N) is 8. The molecule has 3 heterocycles. The van der Waals surface area contributed by atoms with E-state index in [-0.39, 0.29) is 18.4 Å². The highest BCUT2D eigenvalue weighted by Gasteiger charge is 2.57. The monoisotopic (exact) mass is 501 g/mol. The molecule has 1 amide bonds. The van der Waals surface area contributed by atoms with Crippen molar-refractivity contribution in [3.05, 3.63) is 24.7 Å². The quantitative estimate of drug-likeness (QED) is 0.546. The van der Waals surface area contributed by atoms with Gasteiger partial charge in [-0.1, -0.05) is 0 Å². The highest BCUT2D eigenvalue weighted by molar-refractivity contribution is 7.86. The topological polar surface area (TPSA) is 140 Å². The van der Waals surface area contributed by atoms with E-state index in [2.05, 4.69) is 26.5 Å². The number of hydrogen-bond acceptors (Lipinski definition) is 8. The molecule has 0 unspecified atom stereocenters. The van der Waals surface area contributed by atoms with Crippen LogP contribution in [-0.2, 0) is 20.5 Å². The van der Waals surface area contributed by atoms with Crippen molar-refractivity contribution in [2.75, 3.05) is 44.4 Å². The summed E-state index contributed by atoms with van der Waals surface area (Å²) in [5, 5.41) is 17.2. The van der Waals surface area contributed by atoms with Crippen LogP contribution in [-0.4, -0.2) is 76.9 Å². The van der Waals surface area contributed by atoms with Gasteiger partial charge in [-0.2, -0.15) is 32.4 Å². The second-order valence-electron chi connectivity index (χ2n) is 9.96. The van der Waals surface area contributed by atoms with Gasteiger partial charge in [-0.3, -0.25) is 14.4 Å². The van der Waals surface area contributed by atoms with Gasteiger partial charge in [0, 0.05) is 46.6 Å². The maximum Gasteiger partial charge on any atom is 0.281 e. The van der Waals surface area contributed by atoms with Gasteiger partial charge >= 0.3 is 0 Å². The zero-order valence-corrected chi connectivity index (χ0v) is 21.4. The minimum Gasteiger partial charge on any atom is -0.321 e. The maximum atomic E-state index is 13.1. The number of rotatable bonds is 9. The van der Waals surface area contributed by atoms with E-state index in [1.807, 2.05) is 13.8 Å². The van der Waals surface area contributed by atoms with Crippen LogP contribution in [0.4, 0.5) is 17.5 Å². The van der Waals surface area contributed by atoms with E-state index in [1.165, 1.54) is 29.8 Å². The molecule has 13 heteroatoms. The summed E-state index contributed by atoms with van der Waals surface area (Å²) in [6.07, 6.45) is 7.27. The Balaban J connectivity index is 1.47. The summed E-state index contributed by atoms with van der Waals surface area (Å²) in [6, 6.07) is 3.95. The molecule has 1 saturated carbocycles. The minimum absolute atomic E-state index is 0.144. The average molecular weight is 502 g/mol. The molecule has 1 aliphatic heterocycles. The number of carbonyl (C=O) groups is 1. The number of carbonyl (C=O) groups excluding carboxylic acids is 1. The molecule has 0 spiro atoms. The van der Waals surface area contributed by atoms with E-state index in [0.717, 1.165) is 12.8 Å². The largest absolute Gasteiger partial charge is 0.321 e. The number of nitrogens with one attached hydrogen (secondary N) is 1. The number of amides is 1. The molecule has 1 aliphatic carbocycles. The first-order valence-corrected chi connectivity index (χ1v) is 12.8. The molecule has 2 aliphatic rings. The predicted octanol–water partition coefficient (Wildman–Crippen LogP) is 1.55. The third kappa shape index (κ3) is 4.61. The standard InChI is InChI=1S/C22H31N9O3S/c1-21(2,15-29(5)35(33,34)28(3)4)31-13-17(12-25-31)26-20-24-10-8-18(27-20)30-11-9-22(14-23,19(30)32)16-6-7-16/h8,10,12-13,16H,6-7,9,11,15H2,1-5H3,(H,24,26,27)/t22-/m1/s1. The van der Waals surface area contributed by atoms with Crippen molar-refractivity contribution in [3.63, 3.8) is 0 Å². The van der Waals surface area contributed by atoms with Crippen LogP contribution >= 0.6 is 0 Å². The van der Waals surface area contributed by atoms with E-state index in [4.69, 9.17) is 0 Å². The van der Waals surface area contributed by atoms with Crippen molar-refractivity contribution in [3.8, 4) is 6.07 Å². The van der Waals surface area contributed by atoms with E-state index >= 15 is 0 Å². The van der Waals surface area contributed by atoms with Crippen LogP contribution in [0.1, 0.15) is 33.1 Å². The number of hydrogen-bond donors (Lipinski definition) is 1. The summed E-state index contributed by atoms with van der Waals surface area (Å²) in [6.45, 7) is 4.44. The van der Waals surface area contributed by atoms with Gasteiger partial charge in [-0.25, -0.2) is 4.98 Å². The van der Waals surface area contributed by atoms with Crippen molar-refractivity contribution in [1.82, 2.24) is 28.4 Å². The number of nitriles is 1. The lowest BCUT2D eigenvalue weighted by Gasteiger charge is -2.31. The molecule has 0 radical (unpaired) electrons. The van der Waals surface area contributed by atoms with Crippen LogP contribution in [0.15, 0.2) is 24.7 Å². The smallest absolute Gasteiger partial charge is 0.281 e. The van der Waals surface area contributed by atoms with Crippen molar-refractivity contribution in [1.29, 1.82) is 5.26 Å². The van der Waals surface area contributed by atoms with Crippen molar-refractivity contribution < 1.29 is 13.2 Å². The van der Waals surface area contributed by atoms with Gasteiger partial charge in [0.15, 0.2) is 0 Å². The van der Waals surface area contributed by atoms with Crippen LogP contribution < -0.4 is 10.2 Å². The van der Waals surface area contributed by atoms with Gasteiger partial charge in [0.1, 0.15) is 11.2 Å². The molecule has 2 aromatic heterocycles.